The van der Waals surface area contributed by atoms with Gasteiger partial charge in [-0.15, -0.1) is 0 Å². The molecule has 0 aliphatic rings. The SMILES string of the molecule is CCOc1ccccc1OCC(=O)NNC(=O)c1cc(C)nc2c1c(C)nn2C. The minimum Gasteiger partial charge on any atom is -0.490 e. The molecule has 1 aromatic carbocycles. The molecular formula is C20H23N5O4. The van der Waals surface area contributed by atoms with Gasteiger partial charge < -0.3 is 9.47 Å². The Balaban J connectivity index is 1.64. The van der Waals surface area contributed by atoms with Crippen molar-refractivity contribution in [2.24, 2.45) is 7.05 Å². The number of nitrogens with zero attached hydrogens (tertiary/aromatic N) is 3. The van der Waals surface area contributed by atoms with Crippen LogP contribution in [0.3, 0.4) is 0 Å². The van der Waals surface area contributed by atoms with Crippen molar-refractivity contribution in [2.45, 2.75) is 20.8 Å². The number of fused-ring (bicyclic) bond motifs is 1. The van der Waals surface area contributed by atoms with E-state index in [0.29, 0.717) is 46.1 Å². The molecule has 0 fully saturated rings. The van der Waals surface area contributed by atoms with Crippen LogP contribution >= 0.6 is 0 Å². The maximum absolute atomic E-state index is 12.6. The molecular weight excluding hydrogens is 374 g/mol. The van der Waals surface area contributed by atoms with E-state index < -0.39 is 11.8 Å². The molecule has 29 heavy (non-hydrogen) atoms. The van der Waals surface area contributed by atoms with E-state index in [1.54, 1.807) is 49.8 Å². The number of aromatic nitrogens is 3. The molecule has 0 atom stereocenters. The van der Waals surface area contributed by atoms with Gasteiger partial charge in [0.2, 0.25) is 0 Å². The third-order valence-corrected chi connectivity index (χ3v) is 4.16. The van der Waals surface area contributed by atoms with Crippen LogP contribution in [0.15, 0.2) is 30.3 Å². The van der Waals surface area contributed by atoms with Gasteiger partial charge in [0.15, 0.2) is 23.8 Å². The van der Waals surface area contributed by atoms with E-state index in [1.165, 1.54) is 0 Å². The molecule has 152 valence electrons. The average Bonchev–Trinajstić information content (AvgIpc) is 2.98. The third kappa shape index (κ3) is 4.45. The number of carbonyl (C=O) groups is 2. The van der Waals surface area contributed by atoms with E-state index in [0.717, 1.165) is 0 Å². The van der Waals surface area contributed by atoms with Crippen LogP contribution in [0.2, 0.25) is 0 Å². The predicted molar refractivity (Wildman–Crippen MR) is 107 cm³/mol. The third-order valence-electron chi connectivity index (χ3n) is 4.16. The van der Waals surface area contributed by atoms with Crippen LogP contribution in [-0.4, -0.2) is 39.8 Å². The monoisotopic (exact) mass is 397 g/mol. The number of para-hydroxylation sites is 2. The predicted octanol–water partition coefficient (Wildman–Crippen LogP) is 1.82. The Hall–Kier alpha value is -3.62. The number of nitrogens with one attached hydrogen (secondary N) is 2. The highest BCUT2D eigenvalue weighted by atomic mass is 16.5. The quantitative estimate of drug-likeness (QED) is 0.615. The van der Waals surface area contributed by atoms with Gasteiger partial charge in [-0.25, -0.2) is 4.98 Å². The lowest BCUT2D eigenvalue weighted by Crippen LogP contribution is -2.44. The highest BCUT2D eigenvalue weighted by molar-refractivity contribution is 6.06. The van der Waals surface area contributed by atoms with Crippen molar-refractivity contribution in [3.8, 4) is 11.5 Å². The molecule has 0 saturated carbocycles. The van der Waals surface area contributed by atoms with Crippen LogP contribution in [0, 0.1) is 13.8 Å². The first-order chi connectivity index (χ1) is 13.9. The van der Waals surface area contributed by atoms with Crippen molar-refractivity contribution in [1.82, 2.24) is 25.6 Å². The summed E-state index contributed by atoms with van der Waals surface area (Å²) in [6.07, 6.45) is 0. The van der Waals surface area contributed by atoms with Gasteiger partial charge in [-0.05, 0) is 39.0 Å². The lowest BCUT2D eigenvalue weighted by atomic mass is 10.1. The number of hydrogen-bond acceptors (Lipinski definition) is 6. The largest absolute Gasteiger partial charge is 0.490 e. The summed E-state index contributed by atoms with van der Waals surface area (Å²) in [5.74, 6) is 0.0380. The van der Waals surface area contributed by atoms with Gasteiger partial charge >= 0.3 is 0 Å². The number of benzene rings is 1. The maximum atomic E-state index is 12.6. The molecule has 2 heterocycles. The van der Waals surface area contributed by atoms with Gasteiger partial charge in [-0.3, -0.25) is 25.1 Å². The van der Waals surface area contributed by atoms with Crippen LogP contribution < -0.4 is 20.3 Å². The first-order valence-electron chi connectivity index (χ1n) is 9.15. The van der Waals surface area contributed by atoms with Gasteiger partial charge in [0, 0.05) is 12.7 Å². The smallest absolute Gasteiger partial charge is 0.276 e. The molecule has 0 saturated heterocycles. The molecule has 3 rings (SSSR count). The number of pyridine rings is 1. The number of hydrogen-bond donors (Lipinski definition) is 2. The van der Waals surface area contributed by atoms with Crippen molar-refractivity contribution in [3.05, 3.63) is 47.3 Å². The lowest BCUT2D eigenvalue weighted by Gasteiger charge is -2.12. The summed E-state index contributed by atoms with van der Waals surface area (Å²) in [5, 5.41) is 4.96. The average molecular weight is 397 g/mol. The summed E-state index contributed by atoms with van der Waals surface area (Å²) < 4.78 is 12.6. The summed E-state index contributed by atoms with van der Waals surface area (Å²) >= 11 is 0. The van der Waals surface area contributed by atoms with E-state index in [1.807, 2.05) is 13.0 Å². The molecule has 2 aromatic heterocycles. The molecule has 9 heteroatoms. The fourth-order valence-corrected chi connectivity index (χ4v) is 2.97. The Morgan fingerprint density at radius 2 is 1.79 bits per heavy atom. The molecule has 0 radical (unpaired) electrons. The van der Waals surface area contributed by atoms with Crippen molar-refractivity contribution < 1.29 is 19.1 Å². The standard InChI is InChI=1S/C20H23N5O4/c1-5-28-15-8-6-7-9-16(15)29-11-17(26)22-23-20(27)14-10-12(2)21-19-18(14)13(3)24-25(19)4/h6-10H,5,11H2,1-4H3,(H,22,26)(H,23,27). The Kier molecular flexibility index (Phi) is 5.96. The van der Waals surface area contributed by atoms with Crippen molar-refractivity contribution in [3.63, 3.8) is 0 Å². The highest BCUT2D eigenvalue weighted by Crippen LogP contribution is 2.26. The summed E-state index contributed by atoms with van der Waals surface area (Å²) in [6.45, 7) is 5.66. The minimum atomic E-state index is -0.505. The highest BCUT2D eigenvalue weighted by Gasteiger charge is 2.18. The van der Waals surface area contributed by atoms with Crippen LogP contribution in [0.1, 0.15) is 28.7 Å². The van der Waals surface area contributed by atoms with Crippen LogP contribution in [-0.2, 0) is 11.8 Å². The fourth-order valence-electron chi connectivity index (χ4n) is 2.97. The maximum Gasteiger partial charge on any atom is 0.276 e. The molecule has 2 amide bonds. The first kappa shape index (κ1) is 20.1. The number of rotatable bonds is 6. The van der Waals surface area contributed by atoms with Crippen LogP contribution in [0.25, 0.3) is 11.0 Å². The Morgan fingerprint density at radius 3 is 2.48 bits per heavy atom. The molecule has 0 aliphatic heterocycles. The second kappa shape index (κ2) is 8.59. The summed E-state index contributed by atoms with van der Waals surface area (Å²) in [4.78, 5) is 29.2. The zero-order valence-corrected chi connectivity index (χ0v) is 16.8. The molecule has 0 spiro atoms. The zero-order valence-electron chi connectivity index (χ0n) is 16.8. The lowest BCUT2D eigenvalue weighted by molar-refractivity contribution is -0.123. The summed E-state index contributed by atoms with van der Waals surface area (Å²) in [5.41, 5.74) is 7.13. The molecule has 9 nitrogen and oxygen atoms in total. The van der Waals surface area contributed by atoms with E-state index in [-0.39, 0.29) is 6.61 Å². The summed E-state index contributed by atoms with van der Waals surface area (Å²) in [6, 6.07) is 8.72. The van der Waals surface area contributed by atoms with E-state index in [9.17, 15) is 9.59 Å². The van der Waals surface area contributed by atoms with E-state index in [4.69, 9.17) is 9.47 Å². The van der Waals surface area contributed by atoms with Crippen molar-refractivity contribution in [1.29, 1.82) is 0 Å². The Morgan fingerprint density at radius 1 is 1.10 bits per heavy atom. The normalized spacial score (nSPS) is 10.6. The molecule has 2 N–H and O–H groups in total. The summed E-state index contributed by atoms with van der Waals surface area (Å²) in [7, 11) is 1.77. The van der Waals surface area contributed by atoms with Gasteiger partial charge in [-0.1, -0.05) is 12.1 Å². The second-order valence-electron chi connectivity index (χ2n) is 6.39. The Bertz CT molecular complexity index is 1060. The van der Waals surface area contributed by atoms with Crippen molar-refractivity contribution >= 4 is 22.8 Å². The second-order valence-corrected chi connectivity index (χ2v) is 6.39. The first-order valence-corrected chi connectivity index (χ1v) is 9.15. The minimum absolute atomic E-state index is 0.277. The van der Waals surface area contributed by atoms with Gasteiger partial charge in [0.05, 0.1) is 23.3 Å². The van der Waals surface area contributed by atoms with Crippen LogP contribution in [0.5, 0.6) is 11.5 Å². The topological polar surface area (TPSA) is 107 Å². The molecule has 3 aromatic rings. The number of carbonyl (C=O) groups excluding carboxylic acids is 2. The molecule has 0 aliphatic carbocycles. The Labute approximate surface area is 168 Å². The van der Waals surface area contributed by atoms with E-state index in [2.05, 4.69) is 20.9 Å². The van der Waals surface area contributed by atoms with Gasteiger partial charge in [-0.2, -0.15) is 5.10 Å². The molecule has 0 bridgehead atoms. The van der Waals surface area contributed by atoms with Crippen LogP contribution in [0.4, 0.5) is 0 Å². The molecule has 0 unspecified atom stereocenters. The number of hydrazine groups is 1. The number of aryl methyl sites for hydroxylation is 3. The number of amides is 2. The van der Waals surface area contributed by atoms with E-state index >= 15 is 0 Å². The number of ether oxygens (including phenoxy) is 2. The van der Waals surface area contributed by atoms with Gasteiger partial charge in [0.25, 0.3) is 11.8 Å². The van der Waals surface area contributed by atoms with Gasteiger partial charge in [0.1, 0.15) is 0 Å². The fraction of sp³-hybridized carbons (Fsp3) is 0.300. The van der Waals surface area contributed by atoms with Crippen molar-refractivity contribution in [2.75, 3.05) is 13.2 Å². The zero-order chi connectivity index (χ0) is 21.0.